The molecule has 17 heavy (non-hydrogen) atoms. The summed E-state index contributed by atoms with van der Waals surface area (Å²) >= 11 is 0. The van der Waals surface area contributed by atoms with E-state index in [1.54, 1.807) is 26.0 Å². The van der Waals surface area contributed by atoms with Gasteiger partial charge in [-0.25, -0.2) is 0 Å². The molecule has 0 atom stereocenters. The first-order valence-electron chi connectivity index (χ1n) is 4.41. The molecule has 7 heteroatoms. The molecule has 0 amide bonds. The second-order valence-electron chi connectivity index (χ2n) is 3.28. The Hall–Kier alpha value is -1.92. The Balaban J connectivity index is 0.00000256. The molecule has 0 spiro atoms. The minimum Gasteiger partial charge on any atom is -0.408 e. The number of benzene rings is 1. The van der Waals surface area contributed by atoms with Crippen LogP contribution in [0.25, 0.3) is 0 Å². The zero-order valence-electron chi connectivity index (χ0n) is 9.32. The van der Waals surface area contributed by atoms with Gasteiger partial charge in [-0.05, 0) is 31.1 Å². The number of aryl methyl sites for hydroxylation is 2. The van der Waals surface area contributed by atoms with E-state index in [-0.39, 0.29) is 14.0 Å². The molecule has 89 valence electrons. The van der Waals surface area contributed by atoms with Crippen molar-refractivity contribution in [3.63, 3.8) is 0 Å². The first-order valence-corrected chi connectivity index (χ1v) is 4.41. The van der Waals surface area contributed by atoms with Gasteiger partial charge in [0.05, 0.1) is 0 Å². The summed E-state index contributed by atoms with van der Waals surface area (Å²) in [6.07, 6.45) is 0. The molecule has 0 fully saturated rings. The summed E-state index contributed by atoms with van der Waals surface area (Å²) in [6, 6.07) is 4.98. The third-order valence-electron chi connectivity index (χ3n) is 1.90. The Morgan fingerprint density at radius 1 is 1.24 bits per heavy atom. The minimum atomic E-state index is -1.32. The van der Waals surface area contributed by atoms with Gasteiger partial charge in [0, 0.05) is 18.5 Å². The van der Waals surface area contributed by atoms with Crippen LogP contribution in [-0.2, 0) is 5.04 Å². The highest BCUT2D eigenvalue weighted by atomic mass is 19.3. The predicted octanol–water partition coefficient (Wildman–Crippen LogP) is 2.29. The van der Waals surface area contributed by atoms with Crippen molar-refractivity contribution in [1.82, 2.24) is 0 Å². The van der Waals surface area contributed by atoms with Gasteiger partial charge >= 0.3 is 0 Å². The Morgan fingerprint density at radius 3 is 2.18 bits per heavy atom. The van der Waals surface area contributed by atoms with Gasteiger partial charge in [0.1, 0.15) is 0 Å². The monoisotopic (exact) mass is 239 g/mol. The lowest BCUT2D eigenvalue weighted by atomic mass is 10.0. The summed E-state index contributed by atoms with van der Waals surface area (Å²) in [5.41, 5.74) is 1.45. The smallest absolute Gasteiger partial charge is 0.279 e. The Morgan fingerprint density at radius 2 is 1.76 bits per heavy atom. The van der Waals surface area contributed by atoms with Gasteiger partial charge in [0.2, 0.25) is 0 Å². The summed E-state index contributed by atoms with van der Waals surface area (Å²) in [5.74, 6) is -1.32. The molecule has 4 nitrogen and oxygen atoms in total. The van der Waals surface area contributed by atoms with Gasteiger partial charge in [-0.2, -0.15) is 9.43 Å². The topological polar surface area (TPSA) is 54.2 Å². The minimum absolute atomic E-state index is 0. The summed E-state index contributed by atoms with van der Waals surface area (Å²) in [6.45, 7) is 3.58. The maximum absolute atomic E-state index is 13.1. The van der Waals surface area contributed by atoms with Crippen molar-refractivity contribution in [3.8, 4) is 0 Å². The SMILES string of the molecule is Cc1cc(C)cc(C(=NOF)C(F)=NO)c1.[B]. The first kappa shape index (κ1) is 15.1. The van der Waals surface area contributed by atoms with Gasteiger partial charge in [-0.15, -0.1) is 0 Å². The van der Waals surface area contributed by atoms with Gasteiger partial charge in [-0.1, -0.05) is 22.3 Å². The molecule has 1 aromatic carbocycles. The Kier molecular flexibility index (Phi) is 5.88. The zero-order valence-corrected chi connectivity index (χ0v) is 9.32. The number of nitrogens with zero attached hydrogens (tertiary/aromatic N) is 2. The maximum Gasteiger partial charge on any atom is 0.279 e. The molecule has 0 aliphatic carbocycles. The molecular weight excluding hydrogens is 229 g/mol. The van der Waals surface area contributed by atoms with Crippen molar-refractivity contribution >= 4 is 20.1 Å². The molecular formula is C10H10BF2N2O2. The van der Waals surface area contributed by atoms with Gasteiger partial charge in [-0.3, -0.25) is 0 Å². The summed E-state index contributed by atoms with van der Waals surface area (Å²) in [4.78, 5) is 0. The van der Waals surface area contributed by atoms with E-state index in [4.69, 9.17) is 5.21 Å². The molecule has 0 aliphatic rings. The van der Waals surface area contributed by atoms with Crippen molar-refractivity contribution in [3.05, 3.63) is 34.9 Å². The summed E-state index contributed by atoms with van der Waals surface area (Å²) in [7, 11) is 0. The molecule has 3 radical (unpaired) electrons. The lowest BCUT2D eigenvalue weighted by molar-refractivity contribution is -0.130. The Bertz CT molecular complexity index is 430. The van der Waals surface area contributed by atoms with Crippen molar-refractivity contribution in [1.29, 1.82) is 0 Å². The highest BCUT2D eigenvalue weighted by Crippen LogP contribution is 2.12. The van der Waals surface area contributed by atoms with Crippen molar-refractivity contribution in [2.75, 3.05) is 0 Å². The van der Waals surface area contributed by atoms with Gasteiger partial charge in [0.15, 0.2) is 5.71 Å². The third kappa shape index (κ3) is 3.86. The maximum atomic E-state index is 13.1. The predicted molar refractivity (Wildman–Crippen MR) is 60.7 cm³/mol. The quantitative estimate of drug-likeness (QED) is 0.380. The second-order valence-corrected chi connectivity index (χ2v) is 3.28. The van der Waals surface area contributed by atoms with Crippen LogP contribution in [0.15, 0.2) is 28.5 Å². The molecule has 1 N–H and O–H groups in total. The number of halogens is 2. The van der Waals surface area contributed by atoms with Crippen LogP contribution in [0.2, 0.25) is 0 Å². The second kappa shape index (κ2) is 6.62. The summed E-state index contributed by atoms with van der Waals surface area (Å²) in [5, 5.41) is 16.5. The average Bonchev–Trinajstić information content (AvgIpc) is 2.23. The highest BCUT2D eigenvalue weighted by Gasteiger charge is 2.14. The largest absolute Gasteiger partial charge is 0.408 e. The van der Waals surface area contributed by atoms with Crippen LogP contribution in [0.4, 0.5) is 8.92 Å². The number of hydrogen-bond acceptors (Lipinski definition) is 4. The van der Waals surface area contributed by atoms with E-state index in [0.29, 0.717) is 0 Å². The molecule has 0 aliphatic heterocycles. The van der Waals surface area contributed by atoms with Crippen molar-refractivity contribution < 1.29 is 19.2 Å². The fourth-order valence-corrected chi connectivity index (χ4v) is 1.40. The fourth-order valence-electron chi connectivity index (χ4n) is 1.40. The molecule has 0 unspecified atom stereocenters. The molecule has 0 heterocycles. The summed E-state index contributed by atoms with van der Waals surface area (Å²) < 4.78 is 24.7. The molecule has 1 rings (SSSR count). The van der Waals surface area contributed by atoms with E-state index in [9.17, 15) is 8.92 Å². The van der Waals surface area contributed by atoms with Gasteiger partial charge in [0.25, 0.3) is 5.97 Å². The van der Waals surface area contributed by atoms with Crippen LogP contribution in [0.1, 0.15) is 16.7 Å². The van der Waals surface area contributed by atoms with Crippen LogP contribution in [-0.4, -0.2) is 25.3 Å². The first-order chi connectivity index (χ1) is 7.58. The third-order valence-corrected chi connectivity index (χ3v) is 1.90. The molecule has 0 saturated carbocycles. The van der Waals surface area contributed by atoms with Crippen LogP contribution < -0.4 is 0 Å². The van der Waals surface area contributed by atoms with Crippen LogP contribution in [0.5, 0.6) is 0 Å². The zero-order chi connectivity index (χ0) is 12.1. The van der Waals surface area contributed by atoms with E-state index in [2.05, 4.69) is 15.4 Å². The standard InChI is InChI=1S/C10H10F2N2O2.B/c1-6-3-7(2)5-8(4-6)9(14-16-12)10(11)13-15;/h3-5,15H,1-2H3;. The fraction of sp³-hybridized carbons (Fsp3) is 0.200. The van der Waals surface area contributed by atoms with Crippen molar-refractivity contribution in [2.24, 2.45) is 10.3 Å². The molecule has 0 aromatic heterocycles. The van der Waals surface area contributed by atoms with Crippen LogP contribution in [0.3, 0.4) is 0 Å². The Labute approximate surface area is 99.1 Å². The lowest BCUT2D eigenvalue weighted by Gasteiger charge is -2.04. The highest BCUT2D eigenvalue weighted by molar-refractivity contribution is 6.44. The number of hydrogen-bond donors (Lipinski definition) is 1. The average molecular weight is 239 g/mol. The van der Waals surface area contributed by atoms with Crippen LogP contribution in [0, 0.1) is 13.8 Å². The van der Waals surface area contributed by atoms with E-state index in [1.165, 1.54) is 0 Å². The molecule has 1 aromatic rings. The van der Waals surface area contributed by atoms with Crippen LogP contribution >= 0.6 is 0 Å². The molecule has 0 saturated heterocycles. The van der Waals surface area contributed by atoms with E-state index < -0.39 is 11.7 Å². The molecule has 0 bridgehead atoms. The van der Waals surface area contributed by atoms with Crippen molar-refractivity contribution in [2.45, 2.75) is 13.8 Å². The normalized spacial score (nSPS) is 12.0. The van der Waals surface area contributed by atoms with E-state index in [0.717, 1.165) is 11.1 Å². The number of oxime groups is 2. The number of rotatable bonds is 3. The van der Waals surface area contributed by atoms with E-state index >= 15 is 0 Å². The van der Waals surface area contributed by atoms with E-state index in [1.807, 2.05) is 6.07 Å². The van der Waals surface area contributed by atoms with Gasteiger partial charge < -0.3 is 5.21 Å². The lowest BCUT2D eigenvalue weighted by Crippen LogP contribution is -2.11.